The Morgan fingerprint density at radius 3 is 2.35 bits per heavy atom. The number of rotatable bonds is 3. The van der Waals surface area contributed by atoms with Crippen molar-refractivity contribution in [3.8, 4) is 0 Å². The van der Waals surface area contributed by atoms with Gasteiger partial charge in [0, 0.05) is 16.9 Å². The quantitative estimate of drug-likeness (QED) is 0.739. The molecule has 3 heteroatoms. The van der Waals surface area contributed by atoms with E-state index < -0.39 is 0 Å². The first kappa shape index (κ1) is 13.2. The number of likely N-dealkylation sites (tertiary alicyclic amines) is 1. The first-order valence-corrected chi connectivity index (χ1v) is 7.17. The molecule has 1 heterocycles. The number of benzene rings is 1. The third-order valence-corrected chi connectivity index (χ3v) is 4.20. The van der Waals surface area contributed by atoms with Gasteiger partial charge < -0.3 is 0 Å². The van der Waals surface area contributed by atoms with Gasteiger partial charge in [0.15, 0.2) is 0 Å². The van der Waals surface area contributed by atoms with Crippen molar-refractivity contribution in [2.45, 2.75) is 25.8 Å². The Labute approximate surface area is 114 Å². The van der Waals surface area contributed by atoms with Crippen LogP contribution >= 0.6 is 23.2 Å². The summed E-state index contributed by atoms with van der Waals surface area (Å²) in [6.07, 6.45) is 2.56. The first-order valence-electron chi connectivity index (χ1n) is 6.26. The molecule has 0 N–H and O–H groups in total. The maximum absolute atomic E-state index is 6.14. The van der Waals surface area contributed by atoms with E-state index in [0.717, 1.165) is 24.0 Å². The molecule has 1 nitrogen and oxygen atoms in total. The van der Waals surface area contributed by atoms with E-state index in [4.69, 9.17) is 23.2 Å². The van der Waals surface area contributed by atoms with Gasteiger partial charge in [0.05, 0.1) is 0 Å². The van der Waals surface area contributed by atoms with Crippen LogP contribution in [0.1, 0.15) is 31.4 Å². The van der Waals surface area contributed by atoms with Crippen LogP contribution in [-0.2, 0) is 0 Å². The van der Waals surface area contributed by atoms with E-state index >= 15 is 0 Å². The molecule has 1 aliphatic rings. The maximum Gasteiger partial charge on any atom is 0.0483 e. The Morgan fingerprint density at radius 2 is 1.82 bits per heavy atom. The molecule has 0 bridgehead atoms. The van der Waals surface area contributed by atoms with E-state index in [1.165, 1.54) is 18.4 Å². The van der Waals surface area contributed by atoms with Gasteiger partial charge in [0.2, 0.25) is 0 Å². The molecule has 1 fully saturated rings. The zero-order valence-electron chi connectivity index (χ0n) is 10.2. The zero-order valence-corrected chi connectivity index (χ0v) is 11.7. The van der Waals surface area contributed by atoms with Crippen LogP contribution in [0.25, 0.3) is 0 Å². The Balaban J connectivity index is 2.08. The fourth-order valence-electron chi connectivity index (χ4n) is 2.42. The highest BCUT2D eigenvalue weighted by Crippen LogP contribution is 2.28. The molecule has 1 unspecified atom stereocenters. The predicted octanol–water partition coefficient (Wildman–Crippen LogP) is 4.35. The Kier molecular flexibility index (Phi) is 4.72. The number of alkyl halides is 1. The Hall–Kier alpha value is -0.240. The largest absolute Gasteiger partial charge is 0.295 e. The van der Waals surface area contributed by atoms with Crippen LogP contribution in [0.3, 0.4) is 0 Å². The fourth-order valence-corrected chi connectivity index (χ4v) is 2.92. The average molecular weight is 272 g/mol. The lowest BCUT2D eigenvalue weighted by molar-refractivity contribution is 0.149. The van der Waals surface area contributed by atoms with Crippen molar-refractivity contribution in [2.75, 3.05) is 19.0 Å². The van der Waals surface area contributed by atoms with Gasteiger partial charge in [-0.2, -0.15) is 0 Å². The molecule has 1 aliphatic heterocycles. The van der Waals surface area contributed by atoms with E-state index in [1.807, 2.05) is 12.1 Å². The average Bonchev–Trinajstić information content (AvgIpc) is 2.35. The minimum absolute atomic E-state index is 0.335. The first-order chi connectivity index (χ1) is 8.20. The molecule has 1 aromatic rings. The second kappa shape index (κ2) is 6.08. The summed E-state index contributed by atoms with van der Waals surface area (Å²) >= 11 is 12.1. The summed E-state index contributed by atoms with van der Waals surface area (Å²) in [6, 6.07) is 8.41. The van der Waals surface area contributed by atoms with Crippen molar-refractivity contribution >= 4 is 23.2 Å². The van der Waals surface area contributed by atoms with Gasteiger partial charge >= 0.3 is 0 Å². The molecule has 2 rings (SSSR count). The summed E-state index contributed by atoms with van der Waals surface area (Å²) in [5.74, 6) is 1.50. The molecule has 94 valence electrons. The standard InChI is InChI=1S/C14H19Cl2N/c1-11-6-8-17(9-7-11)14(10-15)12-2-4-13(16)5-3-12/h2-5,11,14H,6-10H2,1H3. The van der Waals surface area contributed by atoms with E-state index in [0.29, 0.717) is 11.9 Å². The minimum Gasteiger partial charge on any atom is -0.295 e. The van der Waals surface area contributed by atoms with Crippen molar-refractivity contribution in [3.05, 3.63) is 34.9 Å². The summed E-state index contributed by atoms with van der Waals surface area (Å²) in [7, 11) is 0. The SMILES string of the molecule is CC1CCN(C(CCl)c2ccc(Cl)cc2)CC1. The highest BCUT2D eigenvalue weighted by atomic mass is 35.5. The van der Waals surface area contributed by atoms with Crippen LogP contribution < -0.4 is 0 Å². The van der Waals surface area contributed by atoms with Gasteiger partial charge in [-0.25, -0.2) is 0 Å². The lowest BCUT2D eigenvalue weighted by Crippen LogP contribution is -2.36. The summed E-state index contributed by atoms with van der Waals surface area (Å²) in [6.45, 7) is 4.64. The molecule has 0 amide bonds. The number of hydrogen-bond donors (Lipinski definition) is 0. The van der Waals surface area contributed by atoms with Gasteiger partial charge in [-0.05, 0) is 49.5 Å². The summed E-state index contributed by atoms with van der Waals surface area (Å²) < 4.78 is 0. The second-order valence-electron chi connectivity index (χ2n) is 4.94. The number of piperidine rings is 1. The Morgan fingerprint density at radius 1 is 1.24 bits per heavy atom. The molecule has 1 atom stereocenters. The molecule has 1 aromatic carbocycles. The highest BCUT2D eigenvalue weighted by Gasteiger charge is 2.23. The summed E-state index contributed by atoms with van der Waals surface area (Å²) in [5.41, 5.74) is 1.28. The van der Waals surface area contributed by atoms with Crippen LogP contribution in [0.2, 0.25) is 5.02 Å². The molecule has 0 spiro atoms. The monoisotopic (exact) mass is 271 g/mol. The van der Waals surface area contributed by atoms with Crippen molar-refractivity contribution in [3.63, 3.8) is 0 Å². The molecular weight excluding hydrogens is 253 g/mol. The second-order valence-corrected chi connectivity index (χ2v) is 5.69. The van der Waals surface area contributed by atoms with Gasteiger partial charge in [0.1, 0.15) is 0 Å². The van der Waals surface area contributed by atoms with Crippen molar-refractivity contribution < 1.29 is 0 Å². The van der Waals surface area contributed by atoms with E-state index in [-0.39, 0.29) is 0 Å². The van der Waals surface area contributed by atoms with Crippen molar-refractivity contribution in [1.82, 2.24) is 4.90 Å². The van der Waals surface area contributed by atoms with Crippen LogP contribution in [0.4, 0.5) is 0 Å². The van der Waals surface area contributed by atoms with Gasteiger partial charge in [0.25, 0.3) is 0 Å². The van der Waals surface area contributed by atoms with Gasteiger partial charge in [-0.1, -0.05) is 30.7 Å². The Bertz CT molecular complexity index is 342. The topological polar surface area (TPSA) is 3.24 Å². The van der Waals surface area contributed by atoms with Crippen LogP contribution in [0.15, 0.2) is 24.3 Å². The van der Waals surface area contributed by atoms with Crippen LogP contribution in [0, 0.1) is 5.92 Å². The van der Waals surface area contributed by atoms with Crippen LogP contribution in [0.5, 0.6) is 0 Å². The van der Waals surface area contributed by atoms with Crippen LogP contribution in [-0.4, -0.2) is 23.9 Å². The van der Waals surface area contributed by atoms with Crippen molar-refractivity contribution in [1.29, 1.82) is 0 Å². The minimum atomic E-state index is 0.335. The molecule has 0 saturated carbocycles. The molecule has 0 radical (unpaired) electrons. The predicted molar refractivity (Wildman–Crippen MR) is 74.9 cm³/mol. The van der Waals surface area contributed by atoms with Gasteiger partial charge in [-0.3, -0.25) is 4.90 Å². The van der Waals surface area contributed by atoms with Crippen molar-refractivity contribution in [2.24, 2.45) is 5.92 Å². The molecule has 1 saturated heterocycles. The zero-order chi connectivity index (χ0) is 12.3. The molecular formula is C14H19Cl2N. The normalized spacial score (nSPS) is 20.4. The molecule has 0 aliphatic carbocycles. The smallest absolute Gasteiger partial charge is 0.0483 e. The maximum atomic E-state index is 6.14. The number of nitrogens with zero attached hydrogens (tertiary/aromatic N) is 1. The number of hydrogen-bond acceptors (Lipinski definition) is 1. The molecule has 17 heavy (non-hydrogen) atoms. The lowest BCUT2D eigenvalue weighted by atomic mass is 9.96. The summed E-state index contributed by atoms with van der Waals surface area (Å²) in [5, 5.41) is 0.786. The highest BCUT2D eigenvalue weighted by molar-refractivity contribution is 6.30. The third-order valence-electron chi connectivity index (χ3n) is 3.66. The summed E-state index contributed by atoms with van der Waals surface area (Å²) in [4.78, 5) is 2.50. The lowest BCUT2D eigenvalue weighted by Gasteiger charge is -2.36. The van der Waals surface area contributed by atoms with E-state index in [9.17, 15) is 0 Å². The van der Waals surface area contributed by atoms with E-state index in [1.54, 1.807) is 0 Å². The third kappa shape index (κ3) is 3.37. The molecule has 0 aromatic heterocycles. The van der Waals surface area contributed by atoms with E-state index in [2.05, 4.69) is 24.0 Å². The van der Waals surface area contributed by atoms with Gasteiger partial charge in [-0.15, -0.1) is 11.6 Å². The fraction of sp³-hybridized carbons (Fsp3) is 0.571. The number of halogens is 2.